The van der Waals surface area contributed by atoms with Gasteiger partial charge in [0.1, 0.15) is 11.4 Å². The van der Waals surface area contributed by atoms with Crippen LogP contribution in [0.25, 0.3) is 0 Å². The van der Waals surface area contributed by atoms with E-state index in [2.05, 4.69) is 45.7 Å². The zero-order valence-corrected chi connectivity index (χ0v) is 33.9. The Balaban J connectivity index is 1.19. The summed E-state index contributed by atoms with van der Waals surface area (Å²) >= 11 is 6.62. The van der Waals surface area contributed by atoms with E-state index in [1.807, 2.05) is 25.1 Å². The quantitative estimate of drug-likeness (QED) is 0.316. The Bertz CT molecular complexity index is 1840. The van der Waals surface area contributed by atoms with Crippen LogP contribution in [0.5, 0.6) is 5.75 Å². The molecule has 0 aromatic heterocycles. The van der Waals surface area contributed by atoms with Crippen LogP contribution in [0.3, 0.4) is 0 Å². The molecule has 1 aromatic rings. The fourth-order valence-electron chi connectivity index (χ4n) is 10.3. The minimum atomic E-state index is -3.96. The van der Waals surface area contributed by atoms with Gasteiger partial charge in [0.15, 0.2) is 0 Å². The summed E-state index contributed by atoms with van der Waals surface area (Å²) in [6.07, 6.45) is 19.8. The van der Waals surface area contributed by atoms with Gasteiger partial charge < -0.3 is 24.0 Å². The van der Waals surface area contributed by atoms with Gasteiger partial charge in [-0.1, -0.05) is 47.9 Å². The van der Waals surface area contributed by atoms with Crippen LogP contribution in [-0.4, -0.2) is 89.2 Å². The number of amides is 1. The molecule has 3 aliphatic carbocycles. The topological polar surface area (TPSA) is 97.4 Å². The number of anilines is 1. The SMILES string of the molecule is CCO[C@@]1(CN2CCC3(CC2)COC3)/C=C/C[C@H](C)[C@@H](C)S(=O)(=O)NC(=O)c2ccc3c(c2)N(C[C@@H]2CC[C@H]21)C[C@@]1(CCCC2=CC(Cl)=CC=C1C2)CO3. The van der Waals surface area contributed by atoms with Gasteiger partial charge in [0.2, 0.25) is 10.0 Å². The second-order valence-electron chi connectivity index (χ2n) is 17.6. The largest absolute Gasteiger partial charge is 0.490 e. The van der Waals surface area contributed by atoms with Gasteiger partial charge in [0.05, 0.1) is 30.8 Å². The minimum absolute atomic E-state index is 0.213. The van der Waals surface area contributed by atoms with Crippen molar-refractivity contribution in [2.45, 2.75) is 89.4 Å². The van der Waals surface area contributed by atoms with Gasteiger partial charge in [-0.25, -0.2) is 13.1 Å². The Kier molecular flexibility index (Phi) is 10.6. The van der Waals surface area contributed by atoms with Gasteiger partial charge in [0.25, 0.3) is 5.91 Å². The van der Waals surface area contributed by atoms with E-state index in [0.717, 1.165) is 114 Å². The molecule has 0 unspecified atom stereocenters. The summed E-state index contributed by atoms with van der Waals surface area (Å²) in [5.74, 6) is 0.531. The van der Waals surface area contributed by atoms with Crippen LogP contribution in [0.2, 0.25) is 0 Å². The van der Waals surface area contributed by atoms with Crippen LogP contribution < -0.4 is 14.4 Å². The number of nitrogens with zero attached hydrogens (tertiary/aromatic N) is 2. The van der Waals surface area contributed by atoms with Crippen molar-refractivity contribution in [2.24, 2.45) is 28.6 Å². The Morgan fingerprint density at radius 2 is 1.89 bits per heavy atom. The number of likely N-dealkylation sites (tertiary alicyclic amines) is 1. The van der Waals surface area contributed by atoms with Gasteiger partial charge in [-0.3, -0.25) is 4.79 Å². The summed E-state index contributed by atoms with van der Waals surface area (Å²) in [6.45, 7) is 13.0. The molecule has 2 saturated carbocycles. The number of fused-ring (bicyclic) bond motifs is 5. The average Bonchev–Trinajstić information content (AvgIpc) is 3.49. The third-order valence-corrected chi connectivity index (χ3v) is 16.3. The van der Waals surface area contributed by atoms with Gasteiger partial charge >= 0.3 is 0 Å². The van der Waals surface area contributed by atoms with Crippen molar-refractivity contribution in [1.29, 1.82) is 0 Å². The third-order valence-electron chi connectivity index (χ3n) is 14.1. The number of carbonyl (C=O) groups is 1. The molecule has 7 aliphatic rings. The third kappa shape index (κ3) is 7.35. The maximum atomic E-state index is 13.7. The molecule has 4 heterocycles. The lowest BCUT2D eigenvalue weighted by Crippen LogP contribution is -2.59. The van der Waals surface area contributed by atoms with E-state index in [-0.39, 0.29) is 17.3 Å². The number of hydrogen-bond donors (Lipinski definition) is 1. The van der Waals surface area contributed by atoms with Crippen LogP contribution >= 0.6 is 11.6 Å². The molecule has 2 saturated heterocycles. The van der Waals surface area contributed by atoms with Crippen LogP contribution in [0.1, 0.15) is 88.9 Å². The van der Waals surface area contributed by atoms with Gasteiger partial charge in [0, 0.05) is 47.7 Å². The summed E-state index contributed by atoms with van der Waals surface area (Å²) in [7, 11) is -3.96. The fraction of sp³-hybridized carbons (Fsp3) is 0.651. The summed E-state index contributed by atoms with van der Waals surface area (Å²) in [4.78, 5) is 18.8. The van der Waals surface area contributed by atoms with Gasteiger partial charge in [-0.05, 0) is 133 Å². The predicted octanol–water partition coefficient (Wildman–Crippen LogP) is 7.39. The van der Waals surface area contributed by atoms with Crippen molar-refractivity contribution in [1.82, 2.24) is 9.62 Å². The van der Waals surface area contributed by atoms with Gasteiger partial charge in [-0.15, -0.1) is 0 Å². The molecule has 9 nitrogen and oxygen atoms in total. The monoisotopic (exact) mass is 779 g/mol. The second kappa shape index (κ2) is 15.0. The summed E-state index contributed by atoms with van der Waals surface area (Å²) in [5.41, 5.74) is 3.44. The first-order chi connectivity index (χ1) is 25.9. The second-order valence-corrected chi connectivity index (χ2v) is 20.1. The Morgan fingerprint density at radius 3 is 2.61 bits per heavy atom. The first-order valence-corrected chi connectivity index (χ1v) is 22.3. The number of sulfonamides is 1. The van der Waals surface area contributed by atoms with Crippen molar-refractivity contribution in [3.05, 3.63) is 70.3 Å². The molecule has 1 amide bonds. The van der Waals surface area contributed by atoms with Crippen molar-refractivity contribution in [2.75, 3.05) is 64.1 Å². The highest BCUT2D eigenvalue weighted by atomic mass is 35.5. The number of allylic oxidation sites excluding steroid dienone is 6. The first-order valence-electron chi connectivity index (χ1n) is 20.4. The van der Waals surface area contributed by atoms with E-state index < -0.39 is 26.8 Å². The lowest BCUT2D eigenvalue weighted by Gasteiger charge is -2.53. The number of ether oxygens (including phenoxy) is 3. The molecule has 294 valence electrons. The average molecular weight is 780 g/mol. The predicted molar refractivity (Wildman–Crippen MR) is 213 cm³/mol. The summed E-state index contributed by atoms with van der Waals surface area (Å²) in [5, 5.41) is -0.0123. The van der Waals surface area contributed by atoms with Crippen molar-refractivity contribution in [3.8, 4) is 5.75 Å². The molecule has 4 bridgehead atoms. The van der Waals surface area contributed by atoms with Crippen LogP contribution in [0.4, 0.5) is 5.69 Å². The van der Waals surface area contributed by atoms with Crippen molar-refractivity contribution < 1.29 is 27.4 Å². The number of carbonyl (C=O) groups excluding carboxylic acids is 1. The number of piperidine rings is 1. The molecule has 2 spiro atoms. The maximum absolute atomic E-state index is 13.7. The number of nitrogens with one attached hydrogen (secondary N) is 1. The number of halogens is 1. The smallest absolute Gasteiger partial charge is 0.264 e. The normalized spacial score (nSPS) is 35.7. The zero-order chi connectivity index (χ0) is 37.7. The molecular formula is C43H58ClN3O6S. The van der Waals surface area contributed by atoms with E-state index >= 15 is 0 Å². The molecule has 1 N–H and O–H groups in total. The number of hydrogen-bond acceptors (Lipinski definition) is 8. The van der Waals surface area contributed by atoms with E-state index in [0.29, 0.717) is 36.5 Å². The highest BCUT2D eigenvalue weighted by molar-refractivity contribution is 7.90. The maximum Gasteiger partial charge on any atom is 0.264 e. The summed E-state index contributed by atoms with van der Waals surface area (Å²) in [6, 6.07) is 5.42. The molecule has 0 radical (unpaired) electrons. The van der Waals surface area contributed by atoms with Crippen LogP contribution in [0, 0.1) is 28.6 Å². The minimum Gasteiger partial charge on any atom is -0.490 e. The highest BCUT2D eigenvalue weighted by Crippen LogP contribution is 2.51. The van der Waals surface area contributed by atoms with Crippen molar-refractivity contribution >= 4 is 33.2 Å². The molecular weight excluding hydrogens is 722 g/mol. The molecule has 4 fully saturated rings. The Morgan fingerprint density at radius 1 is 1.07 bits per heavy atom. The van der Waals surface area contributed by atoms with E-state index in [1.165, 1.54) is 11.1 Å². The van der Waals surface area contributed by atoms with Crippen LogP contribution in [0.15, 0.2) is 64.8 Å². The Labute approximate surface area is 327 Å². The molecule has 4 aliphatic heterocycles. The number of benzene rings is 1. The van der Waals surface area contributed by atoms with E-state index in [1.54, 1.807) is 13.0 Å². The lowest BCUT2D eigenvalue weighted by atomic mass is 9.63. The fourth-order valence-corrected chi connectivity index (χ4v) is 11.8. The summed E-state index contributed by atoms with van der Waals surface area (Å²) < 4.78 is 49.2. The van der Waals surface area contributed by atoms with Crippen molar-refractivity contribution in [3.63, 3.8) is 0 Å². The first kappa shape index (κ1) is 38.3. The molecule has 11 heteroatoms. The molecule has 6 atom stereocenters. The van der Waals surface area contributed by atoms with Crippen LogP contribution in [-0.2, 0) is 19.5 Å². The Hall–Kier alpha value is -2.63. The van der Waals surface area contributed by atoms with E-state index in [9.17, 15) is 13.2 Å². The highest BCUT2D eigenvalue weighted by Gasteiger charge is 2.51. The number of rotatable bonds is 4. The standard InChI is InChI=1S/C43H58ClN3O6S/c1-4-53-43(26-46-19-17-41(18-20-46)27-51-28-41)16-5-7-30(2)31(3)54(49,50)45-40(48)33-10-14-39-38(23-33)47(24-34-9-13-37(34)43)25-42(29-52-39)15-6-8-32-21-35(42)11-12-36(44)22-32/h5,10-12,14,16,22-23,30-31,34,37H,4,6-9,13,15,17-21,24-29H2,1-3H3,(H,45,48)/b16-5+/t30-,31+,34-,37+,42-,43+/m0/s1. The van der Waals surface area contributed by atoms with E-state index in [4.69, 9.17) is 25.8 Å². The molecule has 8 rings (SSSR count). The lowest BCUT2D eigenvalue weighted by molar-refractivity contribution is -0.152. The zero-order valence-electron chi connectivity index (χ0n) is 32.3. The van der Waals surface area contributed by atoms with Gasteiger partial charge in [-0.2, -0.15) is 0 Å². The molecule has 54 heavy (non-hydrogen) atoms. The molecule has 1 aromatic carbocycles.